The Morgan fingerprint density at radius 1 is 1.53 bits per heavy atom. The van der Waals surface area contributed by atoms with Crippen LogP contribution in [0, 0.1) is 16.0 Å². The molecule has 0 spiro atoms. The van der Waals surface area contributed by atoms with Gasteiger partial charge < -0.3 is 15.4 Å². The van der Waals surface area contributed by atoms with Gasteiger partial charge >= 0.3 is 5.69 Å². The lowest BCUT2D eigenvalue weighted by atomic mass is 10.1. The molecule has 0 aromatic carbocycles. The number of anilines is 2. The van der Waals surface area contributed by atoms with E-state index in [0.717, 1.165) is 0 Å². The van der Waals surface area contributed by atoms with Gasteiger partial charge in [0.05, 0.1) is 17.6 Å². The van der Waals surface area contributed by atoms with Gasteiger partial charge in [-0.05, 0) is 5.92 Å². The highest BCUT2D eigenvalue weighted by Gasteiger charge is 2.21. The van der Waals surface area contributed by atoms with Crippen LogP contribution in [-0.4, -0.2) is 41.7 Å². The quantitative estimate of drug-likeness (QED) is 0.571. The number of nitrogens with one attached hydrogen (secondary N) is 2. The SMILES string of the molecule is CNc1ncc([N+](=O)[O-])c(NC(COC)C(C)C)n1. The Morgan fingerprint density at radius 2 is 2.21 bits per heavy atom. The molecule has 0 saturated heterocycles. The Morgan fingerprint density at radius 3 is 2.68 bits per heavy atom. The third-order valence-electron chi connectivity index (χ3n) is 2.66. The first-order valence-corrected chi connectivity index (χ1v) is 5.94. The summed E-state index contributed by atoms with van der Waals surface area (Å²) in [6, 6.07) is -0.0664. The van der Waals surface area contributed by atoms with Crippen LogP contribution in [0.4, 0.5) is 17.5 Å². The van der Waals surface area contributed by atoms with Gasteiger partial charge in [0.1, 0.15) is 6.20 Å². The average molecular weight is 269 g/mol. The number of nitro groups is 1. The third kappa shape index (κ3) is 4.02. The van der Waals surface area contributed by atoms with Crippen molar-refractivity contribution in [2.75, 3.05) is 31.4 Å². The molecule has 1 atom stereocenters. The molecule has 0 aliphatic carbocycles. The van der Waals surface area contributed by atoms with E-state index in [1.807, 2.05) is 13.8 Å². The molecule has 1 heterocycles. The maximum Gasteiger partial charge on any atom is 0.329 e. The minimum atomic E-state index is -0.508. The highest BCUT2D eigenvalue weighted by atomic mass is 16.6. The van der Waals surface area contributed by atoms with E-state index >= 15 is 0 Å². The Bertz CT molecular complexity index is 438. The zero-order valence-electron chi connectivity index (χ0n) is 11.5. The predicted octanol–water partition coefficient (Wildman–Crippen LogP) is 1.51. The molecule has 8 heteroatoms. The minimum absolute atomic E-state index is 0.0664. The van der Waals surface area contributed by atoms with Crippen LogP contribution < -0.4 is 10.6 Å². The molecule has 19 heavy (non-hydrogen) atoms. The lowest BCUT2D eigenvalue weighted by Gasteiger charge is -2.21. The maximum absolute atomic E-state index is 11.0. The van der Waals surface area contributed by atoms with Gasteiger partial charge in [-0.1, -0.05) is 13.8 Å². The number of ether oxygens (including phenoxy) is 1. The molecule has 0 aliphatic heterocycles. The van der Waals surface area contributed by atoms with E-state index in [9.17, 15) is 10.1 Å². The fraction of sp³-hybridized carbons (Fsp3) is 0.636. The summed E-state index contributed by atoms with van der Waals surface area (Å²) in [7, 11) is 3.24. The van der Waals surface area contributed by atoms with Crippen LogP contribution in [0.5, 0.6) is 0 Å². The van der Waals surface area contributed by atoms with Crippen LogP contribution >= 0.6 is 0 Å². The monoisotopic (exact) mass is 269 g/mol. The zero-order chi connectivity index (χ0) is 14.4. The first-order chi connectivity index (χ1) is 8.99. The van der Waals surface area contributed by atoms with E-state index in [0.29, 0.717) is 12.6 Å². The third-order valence-corrected chi connectivity index (χ3v) is 2.66. The van der Waals surface area contributed by atoms with Crippen molar-refractivity contribution in [1.82, 2.24) is 9.97 Å². The van der Waals surface area contributed by atoms with Crippen molar-refractivity contribution < 1.29 is 9.66 Å². The van der Waals surface area contributed by atoms with Crippen LogP contribution in [0.2, 0.25) is 0 Å². The van der Waals surface area contributed by atoms with Crippen molar-refractivity contribution >= 4 is 17.5 Å². The molecule has 1 aromatic rings. The van der Waals surface area contributed by atoms with Crippen LogP contribution in [0.15, 0.2) is 6.20 Å². The second-order valence-corrected chi connectivity index (χ2v) is 4.38. The fourth-order valence-electron chi connectivity index (χ4n) is 1.49. The summed E-state index contributed by atoms with van der Waals surface area (Å²) >= 11 is 0. The summed E-state index contributed by atoms with van der Waals surface area (Å²) in [5, 5.41) is 16.8. The van der Waals surface area contributed by atoms with Crippen LogP contribution in [-0.2, 0) is 4.74 Å². The van der Waals surface area contributed by atoms with Gasteiger partial charge in [-0.3, -0.25) is 10.1 Å². The van der Waals surface area contributed by atoms with Crippen LogP contribution in [0.1, 0.15) is 13.8 Å². The summed E-state index contributed by atoms with van der Waals surface area (Å²) in [5.41, 5.74) is -0.152. The molecule has 1 unspecified atom stereocenters. The number of hydrogen-bond acceptors (Lipinski definition) is 7. The lowest BCUT2D eigenvalue weighted by molar-refractivity contribution is -0.384. The van der Waals surface area contributed by atoms with Crippen molar-refractivity contribution in [2.24, 2.45) is 5.92 Å². The van der Waals surface area contributed by atoms with E-state index in [2.05, 4.69) is 20.6 Å². The van der Waals surface area contributed by atoms with Crippen molar-refractivity contribution in [2.45, 2.75) is 19.9 Å². The zero-order valence-corrected chi connectivity index (χ0v) is 11.5. The van der Waals surface area contributed by atoms with Gasteiger partial charge in [-0.15, -0.1) is 0 Å². The number of rotatable bonds is 7. The normalized spacial score (nSPS) is 12.3. The molecule has 0 fully saturated rings. The predicted molar refractivity (Wildman–Crippen MR) is 72.4 cm³/mol. The number of aromatic nitrogens is 2. The molecule has 1 rings (SSSR count). The van der Waals surface area contributed by atoms with E-state index in [1.54, 1.807) is 14.2 Å². The Balaban J connectivity index is 3.04. The first-order valence-electron chi connectivity index (χ1n) is 5.94. The van der Waals surface area contributed by atoms with E-state index in [-0.39, 0.29) is 23.5 Å². The first kappa shape index (κ1) is 15.1. The maximum atomic E-state index is 11.0. The summed E-state index contributed by atoms with van der Waals surface area (Å²) in [4.78, 5) is 18.4. The molecule has 106 valence electrons. The Kier molecular flexibility index (Phi) is 5.43. The molecule has 0 amide bonds. The standard InChI is InChI=1S/C11H19N5O3/c1-7(2)8(6-19-4)14-10-9(16(17)18)5-13-11(12-3)15-10/h5,7-8H,6H2,1-4H3,(H2,12,13,14,15). The molecule has 0 radical (unpaired) electrons. The van der Waals surface area contributed by atoms with Crippen molar-refractivity contribution in [3.05, 3.63) is 16.3 Å². The molecular weight excluding hydrogens is 250 g/mol. The van der Waals surface area contributed by atoms with Crippen molar-refractivity contribution in [3.63, 3.8) is 0 Å². The summed E-state index contributed by atoms with van der Waals surface area (Å²) < 4.78 is 5.10. The minimum Gasteiger partial charge on any atom is -0.383 e. The van der Waals surface area contributed by atoms with Crippen molar-refractivity contribution in [3.8, 4) is 0 Å². The molecule has 1 aromatic heterocycles. The number of nitrogens with zero attached hydrogens (tertiary/aromatic N) is 3. The van der Waals surface area contributed by atoms with E-state index < -0.39 is 4.92 Å². The van der Waals surface area contributed by atoms with E-state index in [1.165, 1.54) is 6.20 Å². The highest BCUT2D eigenvalue weighted by molar-refractivity contribution is 5.57. The molecule has 0 bridgehead atoms. The Hall–Kier alpha value is -1.96. The summed E-state index contributed by atoms with van der Waals surface area (Å²) in [5.74, 6) is 0.765. The summed E-state index contributed by atoms with van der Waals surface area (Å²) in [6.07, 6.45) is 1.19. The van der Waals surface area contributed by atoms with Crippen molar-refractivity contribution in [1.29, 1.82) is 0 Å². The van der Waals surface area contributed by atoms with Gasteiger partial charge in [0.2, 0.25) is 11.8 Å². The van der Waals surface area contributed by atoms with Gasteiger partial charge in [0.15, 0.2) is 0 Å². The highest BCUT2D eigenvalue weighted by Crippen LogP contribution is 2.23. The Labute approximate surface area is 111 Å². The van der Waals surface area contributed by atoms with Gasteiger partial charge in [-0.25, -0.2) is 4.98 Å². The number of hydrogen-bond donors (Lipinski definition) is 2. The average Bonchev–Trinajstić information content (AvgIpc) is 2.37. The largest absolute Gasteiger partial charge is 0.383 e. The summed E-state index contributed by atoms with van der Waals surface area (Å²) in [6.45, 7) is 4.44. The molecular formula is C11H19N5O3. The van der Waals surface area contributed by atoms with Crippen LogP contribution in [0.25, 0.3) is 0 Å². The lowest BCUT2D eigenvalue weighted by Crippen LogP contribution is -2.31. The molecule has 0 saturated carbocycles. The second kappa shape index (κ2) is 6.83. The fourth-order valence-corrected chi connectivity index (χ4v) is 1.49. The molecule has 0 aliphatic rings. The van der Waals surface area contributed by atoms with Gasteiger partial charge in [-0.2, -0.15) is 4.98 Å². The van der Waals surface area contributed by atoms with Crippen LogP contribution in [0.3, 0.4) is 0 Å². The second-order valence-electron chi connectivity index (χ2n) is 4.38. The van der Waals surface area contributed by atoms with E-state index in [4.69, 9.17) is 4.74 Å². The number of methoxy groups -OCH3 is 1. The smallest absolute Gasteiger partial charge is 0.329 e. The van der Waals surface area contributed by atoms with Gasteiger partial charge in [0.25, 0.3) is 0 Å². The molecule has 2 N–H and O–H groups in total. The molecule has 8 nitrogen and oxygen atoms in total. The topological polar surface area (TPSA) is 102 Å². The van der Waals surface area contributed by atoms with Gasteiger partial charge in [0, 0.05) is 14.2 Å².